The number of rotatable bonds is 9. The number of anilines is 1. The smallest absolute Gasteiger partial charge is 0.420 e. The summed E-state index contributed by atoms with van der Waals surface area (Å²) in [4.78, 5) is 24.0. The van der Waals surface area contributed by atoms with Crippen LogP contribution in [0.5, 0.6) is 0 Å². The maximum absolute atomic E-state index is 12.7. The first kappa shape index (κ1) is 23.3. The highest BCUT2D eigenvalue weighted by Crippen LogP contribution is 2.24. The fourth-order valence-corrected chi connectivity index (χ4v) is 4.16. The van der Waals surface area contributed by atoms with Crippen molar-refractivity contribution in [2.45, 2.75) is 26.1 Å². The number of nitrogens with one attached hydrogen (secondary N) is 1. The Bertz CT molecular complexity index is 1070. The van der Waals surface area contributed by atoms with Crippen LogP contribution in [0, 0.1) is 5.92 Å². The third kappa shape index (κ3) is 6.14. The summed E-state index contributed by atoms with van der Waals surface area (Å²) in [6.07, 6.45) is -0.0274. The summed E-state index contributed by atoms with van der Waals surface area (Å²) in [5, 5.41) is 1.17. The first-order chi connectivity index (χ1) is 15.8. The Kier molecular flexibility index (Phi) is 7.04. The van der Waals surface area contributed by atoms with Gasteiger partial charge in [-0.2, -0.15) is 0 Å². The Morgan fingerprint density at radius 2 is 2.00 bits per heavy atom. The van der Waals surface area contributed by atoms with Gasteiger partial charge in [-0.1, -0.05) is 25.1 Å². The average Bonchev–Trinajstić information content (AvgIpc) is 3.41. The van der Waals surface area contributed by atoms with E-state index in [-0.39, 0.29) is 24.0 Å². The number of para-hydroxylation sites is 1. The number of hydrogen-bond donors (Lipinski definition) is 1. The standard InChI is InChI=1S/C23H27F3N4O3/c1-16(12-17-14-27-19-5-3-2-4-18(17)19)13-20(31)21-15-28-22(33-21)30-8-6-29(7-9-30)10-11-32-23(24,25)26/h2-5,14-16,27H,6-13H2,1H3. The number of ether oxygens (including phenoxy) is 1. The highest BCUT2D eigenvalue weighted by Gasteiger charge is 2.29. The number of benzene rings is 1. The van der Waals surface area contributed by atoms with E-state index in [0.29, 0.717) is 38.6 Å². The van der Waals surface area contributed by atoms with Gasteiger partial charge in [0.25, 0.3) is 6.01 Å². The van der Waals surface area contributed by atoms with Gasteiger partial charge in [0, 0.05) is 56.2 Å². The topological polar surface area (TPSA) is 74.6 Å². The molecule has 7 nitrogen and oxygen atoms in total. The Balaban J connectivity index is 1.25. The van der Waals surface area contributed by atoms with Crippen molar-refractivity contribution in [3.63, 3.8) is 0 Å². The van der Waals surface area contributed by atoms with Gasteiger partial charge in [-0.25, -0.2) is 4.98 Å². The second kappa shape index (κ2) is 9.96. The van der Waals surface area contributed by atoms with Crippen molar-refractivity contribution in [1.82, 2.24) is 14.9 Å². The van der Waals surface area contributed by atoms with Crippen LogP contribution in [-0.4, -0.2) is 66.3 Å². The molecule has 2 aromatic heterocycles. The van der Waals surface area contributed by atoms with E-state index in [1.165, 1.54) is 17.1 Å². The van der Waals surface area contributed by atoms with Gasteiger partial charge in [-0.15, -0.1) is 13.2 Å². The van der Waals surface area contributed by atoms with Crippen LogP contribution in [0.4, 0.5) is 19.2 Å². The molecule has 3 aromatic rings. The fourth-order valence-electron chi connectivity index (χ4n) is 4.16. The number of halogens is 3. The molecule has 1 saturated heterocycles. The largest absolute Gasteiger partial charge is 0.522 e. The van der Waals surface area contributed by atoms with Gasteiger partial charge < -0.3 is 14.3 Å². The van der Waals surface area contributed by atoms with Crippen LogP contribution >= 0.6 is 0 Å². The summed E-state index contributed by atoms with van der Waals surface area (Å²) in [5.41, 5.74) is 2.27. The van der Waals surface area contributed by atoms with Crippen LogP contribution in [0.15, 0.2) is 41.1 Å². The molecule has 33 heavy (non-hydrogen) atoms. The number of carbonyl (C=O) groups is 1. The van der Waals surface area contributed by atoms with Crippen molar-refractivity contribution in [3.8, 4) is 0 Å². The lowest BCUT2D eigenvalue weighted by Crippen LogP contribution is -2.47. The minimum atomic E-state index is -4.60. The molecule has 1 aliphatic rings. The Hall–Kier alpha value is -2.85. The molecule has 4 rings (SSSR count). The zero-order valence-electron chi connectivity index (χ0n) is 18.4. The molecule has 0 amide bonds. The van der Waals surface area contributed by atoms with Crippen molar-refractivity contribution < 1.29 is 27.1 Å². The SMILES string of the molecule is CC(CC(=O)c1cnc(N2CCN(CCOC(F)(F)F)CC2)o1)Cc1c[nH]c2ccccc12. The minimum absolute atomic E-state index is 0.0935. The molecule has 3 heterocycles. The van der Waals surface area contributed by atoms with Crippen LogP contribution in [0.3, 0.4) is 0 Å². The maximum Gasteiger partial charge on any atom is 0.522 e. The summed E-state index contributed by atoms with van der Waals surface area (Å²) >= 11 is 0. The van der Waals surface area contributed by atoms with Gasteiger partial charge in [0.1, 0.15) is 0 Å². The van der Waals surface area contributed by atoms with Gasteiger partial charge in [0.2, 0.25) is 0 Å². The molecular weight excluding hydrogens is 437 g/mol. The lowest BCUT2D eigenvalue weighted by atomic mass is 9.95. The van der Waals surface area contributed by atoms with E-state index in [9.17, 15) is 18.0 Å². The average molecular weight is 464 g/mol. The number of hydrogen-bond acceptors (Lipinski definition) is 6. The molecule has 0 spiro atoms. The monoisotopic (exact) mass is 464 g/mol. The number of Topliss-reactive ketones (excluding diaryl/α,β-unsaturated/α-hetero) is 1. The molecule has 1 aliphatic heterocycles. The third-order valence-corrected chi connectivity index (χ3v) is 5.86. The van der Waals surface area contributed by atoms with Gasteiger partial charge in [0.05, 0.1) is 12.8 Å². The highest BCUT2D eigenvalue weighted by molar-refractivity contribution is 5.93. The van der Waals surface area contributed by atoms with E-state index in [1.807, 2.05) is 41.1 Å². The number of carbonyl (C=O) groups excluding carboxylic acids is 1. The summed E-state index contributed by atoms with van der Waals surface area (Å²) in [6.45, 7) is 4.09. The predicted octanol–water partition coefficient (Wildman–Crippen LogP) is 4.27. The molecule has 10 heteroatoms. The van der Waals surface area contributed by atoms with Crippen LogP contribution in [-0.2, 0) is 11.2 Å². The van der Waals surface area contributed by atoms with Gasteiger partial charge in [-0.3, -0.25) is 14.4 Å². The van der Waals surface area contributed by atoms with Crippen LogP contribution < -0.4 is 4.90 Å². The van der Waals surface area contributed by atoms with Crippen molar-refractivity contribution in [2.24, 2.45) is 5.92 Å². The number of oxazole rings is 1. The van der Waals surface area contributed by atoms with Crippen molar-refractivity contribution >= 4 is 22.7 Å². The lowest BCUT2D eigenvalue weighted by Gasteiger charge is -2.33. The number of aromatic amines is 1. The van der Waals surface area contributed by atoms with E-state index >= 15 is 0 Å². The van der Waals surface area contributed by atoms with Crippen molar-refractivity contribution in [3.05, 3.63) is 48.0 Å². The highest BCUT2D eigenvalue weighted by atomic mass is 19.4. The molecular formula is C23H27F3N4O3. The Morgan fingerprint density at radius 3 is 2.76 bits per heavy atom. The summed E-state index contributed by atoms with van der Waals surface area (Å²) < 4.78 is 45.8. The molecule has 1 unspecified atom stereocenters. The van der Waals surface area contributed by atoms with Crippen molar-refractivity contribution in [1.29, 1.82) is 0 Å². The number of fused-ring (bicyclic) bond motifs is 1. The van der Waals surface area contributed by atoms with Crippen molar-refractivity contribution in [2.75, 3.05) is 44.2 Å². The van der Waals surface area contributed by atoms with Gasteiger partial charge in [0.15, 0.2) is 11.5 Å². The predicted molar refractivity (Wildman–Crippen MR) is 117 cm³/mol. The van der Waals surface area contributed by atoms with E-state index in [0.717, 1.165) is 11.9 Å². The van der Waals surface area contributed by atoms with Gasteiger partial charge >= 0.3 is 6.36 Å². The second-order valence-corrected chi connectivity index (χ2v) is 8.43. The second-order valence-electron chi connectivity index (χ2n) is 8.43. The number of alkyl halides is 3. The molecule has 1 N–H and O–H groups in total. The van der Waals surface area contributed by atoms with Gasteiger partial charge in [-0.05, 0) is 24.0 Å². The molecule has 0 aliphatic carbocycles. The number of ketones is 1. The third-order valence-electron chi connectivity index (χ3n) is 5.86. The number of aromatic nitrogens is 2. The molecule has 1 aromatic carbocycles. The normalized spacial score (nSPS) is 16.4. The lowest BCUT2D eigenvalue weighted by molar-refractivity contribution is -0.325. The molecule has 0 bridgehead atoms. The molecule has 1 atom stereocenters. The number of piperazine rings is 1. The Morgan fingerprint density at radius 1 is 1.24 bits per heavy atom. The molecule has 0 radical (unpaired) electrons. The van der Waals surface area contributed by atoms with E-state index < -0.39 is 13.0 Å². The Labute approximate surface area is 189 Å². The van der Waals surface area contributed by atoms with E-state index in [2.05, 4.69) is 20.8 Å². The fraction of sp³-hybridized carbons (Fsp3) is 0.478. The number of nitrogens with zero attached hydrogens (tertiary/aromatic N) is 3. The number of H-pyrrole nitrogens is 1. The summed E-state index contributed by atoms with van der Waals surface area (Å²) in [5.74, 6) is 0.272. The van der Waals surface area contributed by atoms with E-state index in [4.69, 9.17) is 4.42 Å². The maximum atomic E-state index is 12.7. The zero-order chi connectivity index (χ0) is 23.4. The molecule has 1 fully saturated rings. The summed E-state index contributed by atoms with van der Waals surface area (Å²) in [7, 11) is 0. The minimum Gasteiger partial charge on any atom is -0.420 e. The quantitative estimate of drug-likeness (QED) is 0.477. The van der Waals surface area contributed by atoms with Crippen LogP contribution in [0.25, 0.3) is 10.9 Å². The van der Waals surface area contributed by atoms with Crippen LogP contribution in [0.2, 0.25) is 0 Å². The van der Waals surface area contributed by atoms with Crippen LogP contribution in [0.1, 0.15) is 29.5 Å². The van der Waals surface area contributed by atoms with E-state index in [1.54, 1.807) is 0 Å². The summed E-state index contributed by atoms with van der Waals surface area (Å²) in [6, 6.07) is 8.46. The molecule has 0 saturated carbocycles. The zero-order valence-corrected chi connectivity index (χ0v) is 18.4. The first-order valence-corrected chi connectivity index (χ1v) is 11.0. The molecule has 178 valence electrons. The first-order valence-electron chi connectivity index (χ1n) is 11.0.